The van der Waals surface area contributed by atoms with Gasteiger partial charge in [0.15, 0.2) is 5.13 Å². The Bertz CT molecular complexity index is 1140. The van der Waals surface area contributed by atoms with Crippen molar-refractivity contribution < 1.29 is 4.79 Å². The molecule has 9 heteroatoms. The average Bonchev–Trinajstić information content (AvgIpc) is 3.18. The van der Waals surface area contributed by atoms with E-state index in [1.807, 2.05) is 17.5 Å². The number of nitriles is 1. The Labute approximate surface area is 199 Å². The molecule has 0 spiro atoms. The van der Waals surface area contributed by atoms with Gasteiger partial charge in [-0.15, -0.1) is 11.3 Å². The summed E-state index contributed by atoms with van der Waals surface area (Å²) in [7, 11) is 0. The maximum absolute atomic E-state index is 12.7. The van der Waals surface area contributed by atoms with Gasteiger partial charge >= 0.3 is 0 Å². The lowest BCUT2D eigenvalue weighted by Gasteiger charge is -2.12. The number of hydrogen-bond acceptors (Lipinski definition) is 6. The number of nitrogens with one attached hydrogen (secondary N) is 1. The van der Waals surface area contributed by atoms with Crippen LogP contribution in [0.25, 0.3) is 11.3 Å². The molecule has 160 valence electrons. The van der Waals surface area contributed by atoms with Crippen LogP contribution in [0.5, 0.6) is 0 Å². The van der Waals surface area contributed by atoms with Crippen molar-refractivity contribution in [3.63, 3.8) is 0 Å². The van der Waals surface area contributed by atoms with E-state index in [4.69, 9.17) is 23.2 Å². The second-order valence-corrected chi connectivity index (χ2v) is 10.3. The molecule has 0 fully saturated rings. The predicted octanol–water partition coefficient (Wildman–Crippen LogP) is 6.70. The first-order valence-corrected chi connectivity index (χ1v) is 12.1. The highest BCUT2D eigenvalue weighted by atomic mass is 35.5. The molecule has 1 unspecified atom stereocenters. The van der Waals surface area contributed by atoms with Gasteiger partial charge in [0.1, 0.15) is 11.1 Å². The third-order valence-corrected chi connectivity index (χ3v) is 6.86. The summed E-state index contributed by atoms with van der Waals surface area (Å²) in [5.41, 5.74) is 2.90. The van der Waals surface area contributed by atoms with E-state index >= 15 is 0 Å². The normalized spacial score (nSPS) is 11.9. The van der Waals surface area contributed by atoms with Crippen molar-refractivity contribution in [1.82, 2.24) is 9.97 Å². The van der Waals surface area contributed by atoms with E-state index in [9.17, 15) is 10.1 Å². The summed E-state index contributed by atoms with van der Waals surface area (Å²) < 4.78 is 0. The summed E-state index contributed by atoms with van der Waals surface area (Å²) in [6.07, 6.45) is 0.816. The number of hydrogen-bond donors (Lipinski definition) is 1. The Morgan fingerprint density at radius 1 is 1.19 bits per heavy atom. The zero-order valence-corrected chi connectivity index (χ0v) is 20.3. The lowest BCUT2D eigenvalue weighted by Crippen LogP contribution is -2.22. The summed E-state index contributed by atoms with van der Waals surface area (Å²) in [4.78, 5) is 21.8. The van der Waals surface area contributed by atoms with Gasteiger partial charge in [-0.1, -0.05) is 54.9 Å². The van der Waals surface area contributed by atoms with Gasteiger partial charge < -0.3 is 5.32 Å². The number of carbonyl (C=O) groups excluding carboxylic acids is 1. The van der Waals surface area contributed by atoms with Crippen LogP contribution in [0, 0.1) is 17.2 Å². The quantitative estimate of drug-likeness (QED) is 0.372. The summed E-state index contributed by atoms with van der Waals surface area (Å²) >= 11 is 14.6. The first-order valence-electron chi connectivity index (χ1n) is 9.55. The minimum atomic E-state index is -0.453. The fourth-order valence-corrected chi connectivity index (χ4v) is 4.66. The first-order chi connectivity index (χ1) is 14.8. The largest absolute Gasteiger partial charge is 0.301 e. The molecule has 0 radical (unpaired) electrons. The van der Waals surface area contributed by atoms with E-state index in [1.54, 1.807) is 25.1 Å². The standard InChI is InChI=1S/C22H20Cl2N4OS2/c1-12(2)8-16-6-4-15(10-25)21(26-16)31-13(3)20(29)28-22-27-19(11-30-22)14-5-7-17(23)18(24)9-14/h4-7,9,11-13H,8H2,1-3H3,(H,27,28,29). The highest BCUT2D eigenvalue weighted by Gasteiger charge is 2.19. The van der Waals surface area contributed by atoms with Crippen LogP contribution in [-0.4, -0.2) is 21.1 Å². The summed E-state index contributed by atoms with van der Waals surface area (Å²) in [6.45, 7) is 6.01. The zero-order chi connectivity index (χ0) is 22.5. The third kappa shape index (κ3) is 6.20. The number of amides is 1. The number of carbonyl (C=O) groups is 1. The molecule has 0 saturated heterocycles. The van der Waals surface area contributed by atoms with Gasteiger partial charge in [0.05, 0.1) is 26.6 Å². The third-order valence-electron chi connectivity index (χ3n) is 4.26. The Morgan fingerprint density at radius 3 is 2.65 bits per heavy atom. The highest BCUT2D eigenvalue weighted by molar-refractivity contribution is 8.00. The molecule has 2 heterocycles. The predicted molar refractivity (Wildman–Crippen MR) is 129 cm³/mol. The van der Waals surface area contributed by atoms with Crippen molar-refractivity contribution in [2.45, 2.75) is 37.5 Å². The molecule has 3 rings (SSSR count). The molecule has 1 aromatic carbocycles. The monoisotopic (exact) mass is 490 g/mol. The highest BCUT2D eigenvalue weighted by Crippen LogP contribution is 2.31. The van der Waals surface area contributed by atoms with E-state index in [0.29, 0.717) is 37.4 Å². The molecule has 0 aliphatic rings. The number of pyridine rings is 1. The number of aromatic nitrogens is 2. The maximum Gasteiger partial charge on any atom is 0.239 e. The van der Waals surface area contributed by atoms with Gasteiger partial charge in [0.2, 0.25) is 5.91 Å². The Morgan fingerprint density at radius 2 is 1.97 bits per heavy atom. The number of nitrogens with zero attached hydrogens (tertiary/aromatic N) is 3. The fraction of sp³-hybridized carbons (Fsp3) is 0.273. The minimum Gasteiger partial charge on any atom is -0.301 e. The molecule has 1 atom stereocenters. The molecule has 2 aromatic heterocycles. The van der Waals surface area contributed by atoms with Crippen molar-refractivity contribution in [1.29, 1.82) is 5.26 Å². The Balaban J connectivity index is 1.69. The van der Waals surface area contributed by atoms with Crippen LogP contribution in [0.4, 0.5) is 5.13 Å². The summed E-state index contributed by atoms with van der Waals surface area (Å²) in [6, 6.07) is 11.1. The van der Waals surface area contributed by atoms with Gasteiger partial charge in [-0.25, -0.2) is 9.97 Å². The SMILES string of the molecule is CC(C)Cc1ccc(C#N)c(SC(C)C(=O)Nc2nc(-c3ccc(Cl)c(Cl)c3)cs2)n1. The van der Waals surface area contributed by atoms with E-state index in [0.717, 1.165) is 17.7 Å². The molecular formula is C22H20Cl2N4OS2. The zero-order valence-electron chi connectivity index (χ0n) is 17.1. The maximum atomic E-state index is 12.7. The molecule has 5 nitrogen and oxygen atoms in total. The van der Waals surface area contributed by atoms with Gasteiger partial charge in [-0.3, -0.25) is 4.79 Å². The van der Waals surface area contributed by atoms with Crippen LogP contribution in [0.3, 0.4) is 0 Å². The van der Waals surface area contributed by atoms with Crippen LogP contribution >= 0.6 is 46.3 Å². The molecule has 0 saturated carbocycles. The van der Waals surface area contributed by atoms with Crippen molar-refractivity contribution in [3.8, 4) is 17.3 Å². The van der Waals surface area contributed by atoms with E-state index < -0.39 is 5.25 Å². The molecule has 1 amide bonds. The van der Waals surface area contributed by atoms with E-state index in [1.165, 1.54) is 23.1 Å². The van der Waals surface area contributed by atoms with Crippen molar-refractivity contribution in [2.24, 2.45) is 5.92 Å². The lowest BCUT2D eigenvalue weighted by atomic mass is 10.1. The topological polar surface area (TPSA) is 78.7 Å². The minimum absolute atomic E-state index is 0.208. The Kier molecular flexibility index (Phi) is 7.95. The fourth-order valence-electron chi connectivity index (χ4n) is 2.73. The van der Waals surface area contributed by atoms with Crippen molar-refractivity contribution in [2.75, 3.05) is 5.32 Å². The average molecular weight is 491 g/mol. The molecule has 0 aliphatic carbocycles. The summed E-state index contributed by atoms with van der Waals surface area (Å²) in [5, 5.41) is 15.6. The summed E-state index contributed by atoms with van der Waals surface area (Å²) in [5.74, 6) is 0.244. The van der Waals surface area contributed by atoms with Gasteiger partial charge in [-0.05, 0) is 43.5 Å². The molecule has 1 N–H and O–H groups in total. The number of benzene rings is 1. The number of thiazole rings is 1. The second kappa shape index (κ2) is 10.5. The lowest BCUT2D eigenvalue weighted by molar-refractivity contribution is -0.115. The number of rotatable bonds is 7. The molecule has 0 aliphatic heterocycles. The smallest absolute Gasteiger partial charge is 0.239 e. The van der Waals surface area contributed by atoms with Crippen LogP contribution < -0.4 is 5.32 Å². The molecule has 3 aromatic rings. The van der Waals surface area contributed by atoms with E-state index in [-0.39, 0.29) is 5.91 Å². The van der Waals surface area contributed by atoms with Gasteiger partial charge in [0, 0.05) is 16.6 Å². The van der Waals surface area contributed by atoms with Crippen LogP contribution in [-0.2, 0) is 11.2 Å². The van der Waals surface area contributed by atoms with Crippen molar-refractivity contribution in [3.05, 3.63) is 57.0 Å². The number of thioether (sulfide) groups is 1. The second-order valence-electron chi connectivity index (χ2n) is 7.28. The van der Waals surface area contributed by atoms with Crippen molar-refractivity contribution >= 4 is 57.3 Å². The molecule has 0 bridgehead atoms. The van der Waals surface area contributed by atoms with E-state index in [2.05, 4.69) is 35.2 Å². The Hall–Kier alpha value is -2.11. The number of halogens is 2. The van der Waals surface area contributed by atoms with Gasteiger partial charge in [0.25, 0.3) is 0 Å². The molecular weight excluding hydrogens is 471 g/mol. The number of anilines is 1. The van der Waals surface area contributed by atoms with Crippen LogP contribution in [0.15, 0.2) is 40.7 Å². The first kappa shape index (κ1) is 23.6. The molecule has 31 heavy (non-hydrogen) atoms. The van der Waals surface area contributed by atoms with Gasteiger partial charge in [-0.2, -0.15) is 5.26 Å². The van der Waals surface area contributed by atoms with Crippen LogP contribution in [0.2, 0.25) is 10.0 Å². The van der Waals surface area contributed by atoms with Crippen LogP contribution in [0.1, 0.15) is 32.0 Å².